The number of nitrogens with zero attached hydrogens (tertiary/aromatic N) is 2. The first-order valence-corrected chi connectivity index (χ1v) is 7.21. The molecule has 2 amide bonds. The van der Waals surface area contributed by atoms with Crippen LogP contribution in [-0.4, -0.2) is 50.4 Å². The Bertz CT molecular complexity index is 522. The highest BCUT2D eigenvalue weighted by Crippen LogP contribution is 2.29. The molecule has 2 N–H and O–H groups in total. The highest BCUT2D eigenvalue weighted by atomic mass is 19.4. The lowest BCUT2D eigenvalue weighted by atomic mass is 10.2. The Hall–Kier alpha value is -2.03. The summed E-state index contributed by atoms with van der Waals surface area (Å²) < 4.78 is 42.4. The maximum Gasteiger partial charge on any atom is 0.417 e. The van der Waals surface area contributed by atoms with Crippen molar-refractivity contribution in [3.05, 3.63) is 23.9 Å². The average Bonchev–Trinajstić information content (AvgIpc) is 2.95. The number of amides is 2. The molecule has 23 heavy (non-hydrogen) atoms. The molecule has 0 spiro atoms. The van der Waals surface area contributed by atoms with Crippen LogP contribution < -0.4 is 15.5 Å². The van der Waals surface area contributed by atoms with E-state index in [-0.39, 0.29) is 12.1 Å². The predicted octanol–water partition coefficient (Wildman–Crippen LogP) is 1.62. The molecule has 1 aliphatic heterocycles. The normalized spacial score (nSPS) is 18.1. The van der Waals surface area contributed by atoms with Gasteiger partial charge in [0, 0.05) is 39.0 Å². The molecule has 0 radical (unpaired) electrons. The van der Waals surface area contributed by atoms with Gasteiger partial charge in [-0.2, -0.15) is 13.2 Å². The molecule has 1 aliphatic rings. The van der Waals surface area contributed by atoms with E-state index in [1.165, 1.54) is 6.07 Å². The van der Waals surface area contributed by atoms with Gasteiger partial charge in [0.05, 0.1) is 12.2 Å². The second-order valence-corrected chi connectivity index (χ2v) is 5.23. The largest absolute Gasteiger partial charge is 0.417 e. The van der Waals surface area contributed by atoms with Crippen molar-refractivity contribution in [3.8, 4) is 0 Å². The number of rotatable bonds is 5. The van der Waals surface area contributed by atoms with Gasteiger partial charge >= 0.3 is 12.2 Å². The molecule has 9 heteroatoms. The summed E-state index contributed by atoms with van der Waals surface area (Å²) in [7, 11) is 1.55. The number of ether oxygens (including phenoxy) is 1. The van der Waals surface area contributed by atoms with Gasteiger partial charge in [0.1, 0.15) is 5.82 Å². The van der Waals surface area contributed by atoms with Crippen molar-refractivity contribution in [1.29, 1.82) is 0 Å². The smallest absolute Gasteiger partial charge is 0.383 e. The molecule has 1 saturated heterocycles. The topological polar surface area (TPSA) is 66.5 Å². The monoisotopic (exact) mass is 332 g/mol. The maximum absolute atomic E-state index is 12.5. The van der Waals surface area contributed by atoms with Gasteiger partial charge in [-0.25, -0.2) is 9.78 Å². The third-order valence-corrected chi connectivity index (χ3v) is 3.51. The Balaban J connectivity index is 1.84. The van der Waals surface area contributed by atoms with Crippen molar-refractivity contribution in [1.82, 2.24) is 15.6 Å². The molecule has 0 aromatic carbocycles. The number of carbonyl (C=O) groups excluding carboxylic acids is 1. The van der Waals surface area contributed by atoms with Crippen LogP contribution in [0.1, 0.15) is 12.0 Å². The minimum Gasteiger partial charge on any atom is -0.383 e. The lowest BCUT2D eigenvalue weighted by Crippen LogP contribution is -2.44. The second kappa shape index (κ2) is 7.49. The molecule has 0 bridgehead atoms. The molecule has 2 rings (SSSR count). The predicted molar refractivity (Wildman–Crippen MR) is 78.3 cm³/mol. The Morgan fingerprint density at radius 2 is 2.26 bits per heavy atom. The highest BCUT2D eigenvalue weighted by molar-refractivity contribution is 5.74. The van der Waals surface area contributed by atoms with Crippen LogP contribution in [-0.2, 0) is 10.9 Å². The molecule has 1 aromatic rings. The molecule has 1 aromatic heterocycles. The van der Waals surface area contributed by atoms with E-state index >= 15 is 0 Å². The maximum atomic E-state index is 12.5. The number of methoxy groups -OCH3 is 1. The van der Waals surface area contributed by atoms with Gasteiger partial charge in [-0.15, -0.1) is 0 Å². The average molecular weight is 332 g/mol. The van der Waals surface area contributed by atoms with Crippen molar-refractivity contribution < 1.29 is 22.7 Å². The van der Waals surface area contributed by atoms with Crippen molar-refractivity contribution >= 4 is 11.8 Å². The summed E-state index contributed by atoms with van der Waals surface area (Å²) in [4.78, 5) is 17.3. The van der Waals surface area contributed by atoms with Crippen LogP contribution in [0.25, 0.3) is 0 Å². The van der Waals surface area contributed by atoms with Gasteiger partial charge in [0.25, 0.3) is 0 Å². The fourth-order valence-corrected chi connectivity index (χ4v) is 2.33. The van der Waals surface area contributed by atoms with E-state index in [0.29, 0.717) is 38.5 Å². The first-order valence-electron chi connectivity index (χ1n) is 7.21. The van der Waals surface area contributed by atoms with Gasteiger partial charge in [-0.05, 0) is 18.6 Å². The molecule has 0 saturated carbocycles. The van der Waals surface area contributed by atoms with Crippen LogP contribution in [0.4, 0.5) is 23.8 Å². The summed E-state index contributed by atoms with van der Waals surface area (Å²) >= 11 is 0. The van der Waals surface area contributed by atoms with E-state index in [2.05, 4.69) is 15.6 Å². The quantitative estimate of drug-likeness (QED) is 0.804. The number of alkyl halides is 3. The summed E-state index contributed by atoms with van der Waals surface area (Å²) in [5, 5.41) is 5.47. The number of hydrogen-bond acceptors (Lipinski definition) is 4. The number of nitrogens with one attached hydrogen (secondary N) is 2. The number of urea groups is 1. The van der Waals surface area contributed by atoms with E-state index in [9.17, 15) is 18.0 Å². The van der Waals surface area contributed by atoms with Crippen molar-refractivity contribution in [3.63, 3.8) is 0 Å². The van der Waals surface area contributed by atoms with E-state index < -0.39 is 11.7 Å². The first-order chi connectivity index (χ1) is 10.9. The molecule has 0 aliphatic carbocycles. The van der Waals surface area contributed by atoms with E-state index in [0.717, 1.165) is 12.3 Å². The molecular formula is C14H19F3N4O2. The number of anilines is 1. The zero-order valence-corrected chi connectivity index (χ0v) is 12.7. The number of hydrogen-bond donors (Lipinski definition) is 2. The van der Waals surface area contributed by atoms with Crippen LogP contribution in [0.15, 0.2) is 18.3 Å². The first kappa shape index (κ1) is 17.3. The lowest BCUT2D eigenvalue weighted by Gasteiger charge is -2.18. The molecule has 2 heterocycles. The van der Waals surface area contributed by atoms with E-state index in [1.54, 1.807) is 7.11 Å². The summed E-state index contributed by atoms with van der Waals surface area (Å²) in [5.41, 5.74) is -0.771. The third kappa shape index (κ3) is 4.98. The van der Waals surface area contributed by atoms with Gasteiger partial charge in [0.2, 0.25) is 0 Å². The summed E-state index contributed by atoms with van der Waals surface area (Å²) in [6, 6.07) is 2.01. The summed E-state index contributed by atoms with van der Waals surface area (Å²) in [6.07, 6.45) is -2.85. The van der Waals surface area contributed by atoms with E-state index in [1.807, 2.05) is 4.90 Å². The molecular weight excluding hydrogens is 313 g/mol. The van der Waals surface area contributed by atoms with Crippen molar-refractivity contribution in [2.24, 2.45) is 0 Å². The molecule has 128 valence electrons. The fraction of sp³-hybridized carbons (Fsp3) is 0.571. The van der Waals surface area contributed by atoms with Crippen LogP contribution in [0, 0.1) is 0 Å². The van der Waals surface area contributed by atoms with Crippen molar-refractivity contribution in [2.75, 3.05) is 38.3 Å². The molecule has 6 nitrogen and oxygen atoms in total. The molecule has 1 fully saturated rings. The summed E-state index contributed by atoms with van der Waals surface area (Å²) in [6.45, 7) is 1.98. The van der Waals surface area contributed by atoms with Gasteiger partial charge < -0.3 is 20.3 Å². The minimum atomic E-state index is -4.39. The zero-order chi connectivity index (χ0) is 16.9. The fourth-order valence-electron chi connectivity index (χ4n) is 2.33. The van der Waals surface area contributed by atoms with Gasteiger partial charge in [-0.3, -0.25) is 0 Å². The Morgan fingerprint density at radius 3 is 2.87 bits per heavy atom. The Morgan fingerprint density at radius 1 is 1.48 bits per heavy atom. The zero-order valence-electron chi connectivity index (χ0n) is 12.7. The Labute approximate surface area is 132 Å². The van der Waals surface area contributed by atoms with E-state index in [4.69, 9.17) is 4.74 Å². The van der Waals surface area contributed by atoms with Crippen LogP contribution >= 0.6 is 0 Å². The minimum absolute atomic E-state index is 0.0679. The second-order valence-electron chi connectivity index (χ2n) is 5.23. The van der Waals surface area contributed by atoms with Crippen LogP contribution in [0.2, 0.25) is 0 Å². The number of halogens is 3. The highest BCUT2D eigenvalue weighted by Gasteiger charge is 2.31. The van der Waals surface area contributed by atoms with Crippen LogP contribution in [0.3, 0.4) is 0 Å². The SMILES string of the molecule is COCCNC(=O)N[C@H]1CCN(c2ccc(C(F)(F)F)cn2)C1. The van der Waals surface area contributed by atoms with Gasteiger partial charge in [-0.1, -0.05) is 0 Å². The third-order valence-electron chi connectivity index (χ3n) is 3.51. The number of carbonyl (C=O) groups is 1. The standard InChI is InChI=1S/C14H19F3N4O2/c1-23-7-5-18-13(22)20-11-4-6-21(9-11)12-3-2-10(8-19-12)14(15,16)17/h2-3,8,11H,4-7,9H2,1H3,(H2,18,20,22)/t11-/m0/s1. The Kier molecular flexibility index (Phi) is 5.64. The number of aromatic nitrogens is 1. The van der Waals surface area contributed by atoms with Gasteiger partial charge in [0.15, 0.2) is 0 Å². The molecule has 1 atom stereocenters. The number of pyridine rings is 1. The van der Waals surface area contributed by atoms with Crippen LogP contribution in [0.5, 0.6) is 0 Å². The summed E-state index contributed by atoms with van der Waals surface area (Å²) in [5.74, 6) is 0.474. The lowest BCUT2D eigenvalue weighted by molar-refractivity contribution is -0.137. The molecule has 0 unspecified atom stereocenters. The van der Waals surface area contributed by atoms with Crippen molar-refractivity contribution in [2.45, 2.75) is 18.6 Å².